The van der Waals surface area contributed by atoms with Crippen molar-refractivity contribution in [1.29, 1.82) is 0 Å². The fraction of sp³-hybridized carbons (Fsp3) is 0.857. The largest absolute Gasteiger partial charge is 0.481 e. The van der Waals surface area contributed by atoms with Crippen molar-refractivity contribution >= 4 is 23.8 Å². The van der Waals surface area contributed by atoms with E-state index in [1.807, 2.05) is 16.7 Å². The third-order valence-electron chi connectivity index (χ3n) is 4.22. The number of hydrogen-bond donors (Lipinski definition) is 2. The normalized spacial score (nSPS) is 26.8. The molecule has 0 saturated carbocycles. The number of thioether (sulfide) groups is 1. The van der Waals surface area contributed by atoms with Crippen LogP contribution in [0.1, 0.15) is 26.2 Å². The second-order valence-corrected chi connectivity index (χ2v) is 7.72. The molecule has 7 heteroatoms. The van der Waals surface area contributed by atoms with Crippen molar-refractivity contribution in [3.63, 3.8) is 0 Å². The van der Waals surface area contributed by atoms with Gasteiger partial charge in [0.05, 0.1) is 6.42 Å². The number of carboxylic acids is 1. The van der Waals surface area contributed by atoms with Gasteiger partial charge in [0.25, 0.3) is 0 Å². The van der Waals surface area contributed by atoms with Crippen LogP contribution >= 0.6 is 11.8 Å². The van der Waals surface area contributed by atoms with E-state index in [2.05, 4.69) is 17.1 Å². The SMILES string of the molecule is CC1(CNC(=O)N2CCN(CCC(=O)O)CC2)CCCS1. The number of hydrogen-bond acceptors (Lipinski definition) is 4. The molecule has 2 aliphatic rings. The van der Waals surface area contributed by atoms with E-state index in [0.29, 0.717) is 19.6 Å². The van der Waals surface area contributed by atoms with Crippen molar-refractivity contribution in [2.75, 3.05) is 45.0 Å². The molecule has 2 N–H and O–H groups in total. The quantitative estimate of drug-likeness (QED) is 0.794. The average Bonchev–Trinajstić information content (AvgIpc) is 2.90. The van der Waals surface area contributed by atoms with Crippen molar-refractivity contribution in [3.8, 4) is 0 Å². The van der Waals surface area contributed by atoms with Gasteiger partial charge in [0.1, 0.15) is 0 Å². The minimum absolute atomic E-state index is 0.0154. The first-order valence-corrected chi connectivity index (χ1v) is 8.58. The van der Waals surface area contributed by atoms with Gasteiger partial charge in [-0.15, -0.1) is 0 Å². The Labute approximate surface area is 130 Å². The van der Waals surface area contributed by atoms with Gasteiger partial charge in [-0.2, -0.15) is 11.8 Å². The van der Waals surface area contributed by atoms with Gasteiger partial charge in [-0.3, -0.25) is 9.69 Å². The molecule has 2 saturated heterocycles. The fourth-order valence-electron chi connectivity index (χ4n) is 2.78. The number of aliphatic carboxylic acids is 1. The molecular formula is C14H25N3O3S. The molecule has 2 amide bonds. The second kappa shape index (κ2) is 7.35. The number of nitrogens with one attached hydrogen (secondary N) is 1. The third kappa shape index (κ3) is 5.07. The molecule has 1 unspecified atom stereocenters. The summed E-state index contributed by atoms with van der Waals surface area (Å²) < 4.78 is 0.193. The molecule has 2 rings (SSSR count). The lowest BCUT2D eigenvalue weighted by molar-refractivity contribution is -0.137. The molecule has 0 aromatic rings. The number of urea groups is 1. The zero-order valence-electron chi connectivity index (χ0n) is 12.6. The molecular weight excluding hydrogens is 290 g/mol. The molecule has 2 fully saturated rings. The van der Waals surface area contributed by atoms with E-state index < -0.39 is 5.97 Å². The number of rotatable bonds is 5. The predicted molar refractivity (Wildman–Crippen MR) is 83.8 cm³/mol. The number of nitrogens with zero attached hydrogens (tertiary/aromatic N) is 2. The van der Waals surface area contributed by atoms with E-state index in [0.717, 1.165) is 19.6 Å². The Morgan fingerprint density at radius 2 is 2.00 bits per heavy atom. The lowest BCUT2D eigenvalue weighted by Gasteiger charge is -2.35. The summed E-state index contributed by atoms with van der Waals surface area (Å²) in [7, 11) is 0. The predicted octanol–water partition coefficient (Wildman–Crippen LogP) is 1.07. The summed E-state index contributed by atoms with van der Waals surface area (Å²) >= 11 is 1.95. The van der Waals surface area contributed by atoms with Gasteiger partial charge < -0.3 is 15.3 Å². The monoisotopic (exact) mass is 315 g/mol. The summed E-state index contributed by atoms with van der Waals surface area (Å²) in [6, 6.07) is 0.0154. The van der Waals surface area contributed by atoms with Crippen LogP contribution in [0.25, 0.3) is 0 Å². The molecule has 2 aliphatic heterocycles. The highest BCUT2D eigenvalue weighted by molar-refractivity contribution is 8.00. The van der Waals surface area contributed by atoms with Gasteiger partial charge in [0, 0.05) is 44.0 Å². The Morgan fingerprint density at radius 3 is 2.57 bits per heavy atom. The first-order valence-electron chi connectivity index (χ1n) is 7.59. The van der Waals surface area contributed by atoms with Gasteiger partial charge in [0.15, 0.2) is 0 Å². The van der Waals surface area contributed by atoms with Crippen molar-refractivity contribution < 1.29 is 14.7 Å². The van der Waals surface area contributed by atoms with Crippen molar-refractivity contribution in [1.82, 2.24) is 15.1 Å². The Hall–Kier alpha value is -0.950. The third-order valence-corrected chi connectivity index (χ3v) is 5.75. The van der Waals surface area contributed by atoms with Crippen LogP contribution in [-0.4, -0.2) is 76.7 Å². The zero-order chi connectivity index (χ0) is 15.3. The molecule has 21 heavy (non-hydrogen) atoms. The van der Waals surface area contributed by atoms with Crippen LogP contribution in [0.4, 0.5) is 4.79 Å². The summed E-state index contributed by atoms with van der Waals surface area (Å²) in [5, 5.41) is 11.7. The first-order chi connectivity index (χ1) is 9.98. The molecule has 120 valence electrons. The molecule has 0 bridgehead atoms. The van der Waals surface area contributed by atoms with E-state index >= 15 is 0 Å². The van der Waals surface area contributed by atoms with Crippen molar-refractivity contribution in [2.24, 2.45) is 0 Å². The van der Waals surface area contributed by atoms with E-state index in [-0.39, 0.29) is 17.2 Å². The van der Waals surface area contributed by atoms with Gasteiger partial charge in [-0.05, 0) is 25.5 Å². The molecule has 2 heterocycles. The maximum atomic E-state index is 12.2. The summed E-state index contributed by atoms with van der Waals surface area (Å²) in [6.45, 7) is 6.38. The highest BCUT2D eigenvalue weighted by Crippen LogP contribution is 2.36. The van der Waals surface area contributed by atoms with Crippen LogP contribution in [0.3, 0.4) is 0 Å². The van der Waals surface area contributed by atoms with Crippen LogP contribution in [-0.2, 0) is 4.79 Å². The van der Waals surface area contributed by atoms with Gasteiger partial charge in [0.2, 0.25) is 0 Å². The first kappa shape index (κ1) is 16.4. The Morgan fingerprint density at radius 1 is 1.29 bits per heavy atom. The highest BCUT2D eigenvalue weighted by Gasteiger charge is 2.30. The number of carbonyl (C=O) groups excluding carboxylic acids is 1. The number of carbonyl (C=O) groups is 2. The summed E-state index contributed by atoms with van der Waals surface area (Å²) in [4.78, 5) is 26.7. The molecule has 1 atom stereocenters. The van der Waals surface area contributed by atoms with Crippen molar-refractivity contribution in [2.45, 2.75) is 30.9 Å². The van der Waals surface area contributed by atoms with E-state index in [1.165, 1.54) is 18.6 Å². The summed E-state index contributed by atoms with van der Waals surface area (Å²) in [6.07, 6.45) is 2.57. The molecule has 0 aromatic carbocycles. The van der Waals surface area contributed by atoms with Crippen LogP contribution in [0.2, 0.25) is 0 Å². The summed E-state index contributed by atoms with van der Waals surface area (Å²) in [5.74, 6) is 0.423. The number of amides is 2. The minimum Gasteiger partial charge on any atom is -0.481 e. The smallest absolute Gasteiger partial charge is 0.317 e. The second-order valence-electron chi connectivity index (χ2n) is 6.03. The van der Waals surface area contributed by atoms with Crippen LogP contribution in [0, 0.1) is 0 Å². The van der Waals surface area contributed by atoms with Gasteiger partial charge >= 0.3 is 12.0 Å². The topological polar surface area (TPSA) is 72.9 Å². The molecule has 6 nitrogen and oxygen atoms in total. The number of piperazine rings is 1. The molecule has 0 aliphatic carbocycles. The van der Waals surface area contributed by atoms with Crippen LogP contribution in [0.5, 0.6) is 0 Å². The zero-order valence-corrected chi connectivity index (χ0v) is 13.5. The standard InChI is InChI=1S/C14H25N3O3S/c1-14(4-2-10-21-14)11-15-13(20)17-8-6-16(7-9-17)5-3-12(18)19/h2-11H2,1H3,(H,15,20)(H,18,19). The van der Waals surface area contributed by atoms with Gasteiger partial charge in [-0.1, -0.05) is 0 Å². The van der Waals surface area contributed by atoms with Crippen molar-refractivity contribution in [3.05, 3.63) is 0 Å². The highest BCUT2D eigenvalue weighted by atomic mass is 32.2. The van der Waals surface area contributed by atoms with Crippen LogP contribution in [0.15, 0.2) is 0 Å². The van der Waals surface area contributed by atoms with E-state index in [1.54, 1.807) is 0 Å². The minimum atomic E-state index is -0.766. The van der Waals surface area contributed by atoms with E-state index in [4.69, 9.17) is 5.11 Å². The number of carboxylic acid groups (broad SMARTS) is 1. The average molecular weight is 315 g/mol. The lowest BCUT2D eigenvalue weighted by atomic mass is 10.1. The fourth-order valence-corrected chi connectivity index (χ4v) is 4.02. The Bertz CT molecular complexity index is 378. The lowest BCUT2D eigenvalue weighted by Crippen LogP contribution is -2.53. The van der Waals surface area contributed by atoms with Crippen LogP contribution < -0.4 is 5.32 Å². The Balaban J connectivity index is 1.67. The maximum Gasteiger partial charge on any atom is 0.317 e. The molecule has 0 spiro atoms. The summed E-state index contributed by atoms with van der Waals surface area (Å²) in [5.41, 5.74) is 0. The molecule has 0 aromatic heterocycles. The van der Waals surface area contributed by atoms with E-state index in [9.17, 15) is 9.59 Å². The maximum absolute atomic E-state index is 12.2. The Kier molecular flexibility index (Phi) is 5.75. The molecule has 0 radical (unpaired) electrons. The van der Waals surface area contributed by atoms with Gasteiger partial charge in [-0.25, -0.2) is 4.79 Å².